The SMILES string of the molecule is CC(C)[C@H](NC(=O)[C@@H](N)CCCCN)C(=O)N[C@@H](CCC(=O)O)C(=O)N[C@@H](CC(=O)O)C(=O)NCC(=O)NCC(=O)N[C@@H](Cc1ccccc1)C(=O)N1CCC[C@H]1C(=O)N[C@@H](CCC(N)=O)C(=O)O. The van der Waals surface area contributed by atoms with Gasteiger partial charge in [-0.15, -0.1) is 0 Å². The summed E-state index contributed by atoms with van der Waals surface area (Å²) in [6, 6.07) is -1.14. The smallest absolute Gasteiger partial charge is 0.326 e. The highest BCUT2D eigenvalue weighted by Gasteiger charge is 2.39. The number of rotatable bonds is 31. The number of carboxylic acid groups (broad SMARTS) is 3. The van der Waals surface area contributed by atoms with Gasteiger partial charge >= 0.3 is 17.9 Å². The van der Waals surface area contributed by atoms with E-state index in [9.17, 15) is 72.9 Å². The predicted octanol–water partition coefficient (Wildman–Crippen LogP) is -4.32. The maximum absolute atomic E-state index is 14.0. The standard InChI is InChI=1S/C43H65N11O15/c1-23(2)36(53-37(62)25(45)11-6-7-17-44)41(66)50-26(14-16-34(58)59)39(64)52-28(20-35(60)61)38(63)48-21-32(56)47-22-33(57)49-29(19-24-9-4-3-5-10-24)42(67)54-18-8-12-30(54)40(65)51-27(43(68)69)13-15-31(46)55/h3-5,9-10,23,25-30,36H,6-8,11-22,44-45H2,1-2H3,(H2,46,55)(H,47,56)(H,48,63)(H,49,57)(H,50,66)(H,51,65)(H,52,64)(H,53,62)(H,58,59)(H,60,61)(H,68,69)/t25-,26-,27-,28-,29-,30-,36-/m0/s1. The molecule has 0 unspecified atom stereocenters. The Kier molecular flexibility index (Phi) is 24.8. The maximum atomic E-state index is 14.0. The van der Waals surface area contributed by atoms with Crippen LogP contribution >= 0.6 is 0 Å². The number of aliphatic carboxylic acids is 3. The molecule has 0 aliphatic carbocycles. The van der Waals surface area contributed by atoms with Crippen molar-refractivity contribution in [2.45, 2.75) is 127 Å². The number of carboxylic acids is 3. The van der Waals surface area contributed by atoms with Gasteiger partial charge < -0.3 is 74.6 Å². The fourth-order valence-electron chi connectivity index (χ4n) is 7.03. The van der Waals surface area contributed by atoms with E-state index >= 15 is 0 Å². The number of unbranched alkanes of at least 4 members (excludes halogenated alkanes) is 1. The van der Waals surface area contributed by atoms with Gasteiger partial charge in [-0.3, -0.25) is 52.7 Å². The number of carbonyl (C=O) groups is 12. The number of hydrogen-bond acceptors (Lipinski definition) is 14. The largest absolute Gasteiger partial charge is 0.481 e. The van der Waals surface area contributed by atoms with Crippen LogP contribution < -0.4 is 54.4 Å². The minimum Gasteiger partial charge on any atom is -0.481 e. The number of primary amides is 1. The normalized spacial score (nSPS) is 15.7. The monoisotopic (exact) mass is 975 g/mol. The lowest BCUT2D eigenvalue weighted by molar-refractivity contribution is -0.145. The first kappa shape index (κ1) is 57.9. The average molecular weight is 976 g/mol. The number of nitrogens with zero attached hydrogens (tertiary/aromatic N) is 1. The molecule has 1 heterocycles. The van der Waals surface area contributed by atoms with Crippen LogP contribution in [-0.2, 0) is 64.0 Å². The first-order chi connectivity index (χ1) is 32.5. The highest BCUT2D eigenvalue weighted by Crippen LogP contribution is 2.20. The van der Waals surface area contributed by atoms with Crippen LogP contribution in [0.25, 0.3) is 0 Å². The van der Waals surface area contributed by atoms with E-state index in [1.807, 2.05) is 0 Å². The van der Waals surface area contributed by atoms with E-state index in [-0.39, 0.29) is 38.6 Å². The van der Waals surface area contributed by atoms with Crippen LogP contribution in [0, 0.1) is 5.92 Å². The molecular weight excluding hydrogens is 911 g/mol. The third-order valence-corrected chi connectivity index (χ3v) is 10.8. The summed E-state index contributed by atoms with van der Waals surface area (Å²) < 4.78 is 0. The lowest BCUT2D eigenvalue weighted by Gasteiger charge is -2.29. The Morgan fingerprint density at radius 3 is 1.91 bits per heavy atom. The molecule has 0 saturated carbocycles. The van der Waals surface area contributed by atoms with Gasteiger partial charge in [-0.25, -0.2) is 4.79 Å². The number of hydrogen-bond donors (Lipinski definition) is 13. The fourth-order valence-corrected chi connectivity index (χ4v) is 7.03. The Bertz CT molecular complexity index is 2000. The molecule has 26 nitrogen and oxygen atoms in total. The summed E-state index contributed by atoms with van der Waals surface area (Å²) in [6.07, 6.45) is -0.906. The molecule has 1 fully saturated rings. The van der Waals surface area contributed by atoms with Crippen molar-refractivity contribution in [2.24, 2.45) is 23.1 Å². The van der Waals surface area contributed by atoms with E-state index in [0.29, 0.717) is 31.4 Å². The molecule has 0 aromatic heterocycles. The van der Waals surface area contributed by atoms with Gasteiger partial charge in [0.2, 0.25) is 53.2 Å². The number of benzene rings is 1. The van der Waals surface area contributed by atoms with Crippen molar-refractivity contribution in [2.75, 3.05) is 26.2 Å². The Labute approximate surface area is 397 Å². The van der Waals surface area contributed by atoms with Crippen LogP contribution in [0.3, 0.4) is 0 Å². The summed E-state index contributed by atoms with van der Waals surface area (Å²) in [7, 11) is 0. The van der Waals surface area contributed by atoms with E-state index in [1.165, 1.54) is 4.90 Å². The molecule has 1 aromatic carbocycles. The summed E-state index contributed by atoms with van der Waals surface area (Å²) in [5.41, 5.74) is 17.2. The quantitative estimate of drug-likeness (QED) is 0.0313. The fraction of sp³-hybridized carbons (Fsp3) is 0.581. The molecule has 0 radical (unpaired) electrons. The zero-order valence-electron chi connectivity index (χ0n) is 38.5. The van der Waals surface area contributed by atoms with Gasteiger partial charge in [0.05, 0.1) is 25.6 Å². The minimum atomic E-state index is -1.87. The topological polar surface area (TPSA) is 431 Å². The zero-order chi connectivity index (χ0) is 51.8. The van der Waals surface area contributed by atoms with E-state index in [1.54, 1.807) is 44.2 Å². The third kappa shape index (κ3) is 21.1. The Morgan fingerprint density at radius 1 is 0.681 bits per heavy atom. The predicted molar refractivity (Wildman–Crippen MR) is 241 cm³/mol. The first-order valence-corrected chi connectivity index (χ1v) is 22.3. The second kappa shape index (κ2) is 29.5. The van der Waals surface area contributed by atoms with Crippen molar-refractivity contribution in [1.29, 1.82) is 0 Å². The molecule has 382 valence electrons. The van der Waals surface area contributed by atoms with Crippen LogP contribution in [0.15, 0.2) is 30.3 Å². The summed E-state index contributed by atoms with van der Waals surface area (Å²) in [5, 5.41) is 44.7. The number of likely N-dealkylation sites (tertiary alicyclic amines) is 1. The Morgan fingerprint density at radius 2 is 1.32 bits per heavy atom. The second-order valence-electron chi connectivity index (χ2n) is 16.7. The molecule has 0 bridgehead atoms. The van der Waals surface area contributed by atoms with Crippen molar-refractivity contribution in [1.82, 2.24) is 42.1 Å². The van der Waals surface area contributed by atoms with Crippen molar-refractivity contribution < 1.29 is 72.9 Å². The molecule has 9 amide bonds. The van der Waals surface area contributed by atoms with Gasteiger partial charge in [0, 0.05) is 25.8 Å². The molecule has 26 heteroatoms. The van der Waals surface area contributed by atoms with Crippen molar-refractivity contribution >= 4 is 71.1 Å². The van der Waals surface area contributed by atoms with E-state index in [0.717, 1.165) is 0 Å². The van der Waals surface area contributed by atoms with Gasteiger partial charge in [0.25, 0.3) is 0 Å². The van der Waals surface area contributed by atoms with Crippen LogP contribution in [0.5, 0.6) is 0 Å². The van der Waals surface area contributed by atoms with Crippen molar-refractivity contribution in [3.63, 3.8) is 0 Å². The van der Waals surface area contributed by atoms with Gasteiger partial charge in [-0.1, -0.05) is 50.6 Å². The molecule has 0 spiro atoms. The molecular formula is C43H65N11O15. The number of nitrogens with one attached hydrogen (secondary N) is 7. The second-order valence-corrected chi connectivity index (χ2v) is 16.7. The summed E-state index contributed by atoms with van der Waals surface area (Å²) in [4.78, 5) is 153. The molecule has 69 heavy (non-hydrogen) atoms. The maximum Gasteiger partial charge on any atom is 0.326 e. The average Bonchev–Trinajstić information content (AvgIpc) is 3.79. The molecule has 1 aliphatic heterocycles. The number of amides is 9. The highest BCUT2D eigenvalue weighted by atomic mass is 16.4. The van der Waals surface area contributed by atoms with E-state index < -0.39 is 152 Å². The highest BCUT2D eigenvalue weighted by molar-refractivity contribution is 5.98. The molecule has 1 aromatic rings. The van der Waals surface area contributed by atoms with Crippen LogP contribution in [0.4, 0.5) is 0 Å². The summed E-state index contributed by atoms with van der Waals surface area (Å²) >= 11 is 0. The van der Waals surface area contributed by atoms with Crippen LogP contribution in [0.1, 0.15) is 83.6 Å². The molecule has 2 rings (SSSR count). The van der Waals surface area contributed by atoms with Gasteiger partial charge in [-0.05, 0) is 56.6 Å². The Balaban J connectivity index is 2.12. The molecule has 1 aliphatic rings. The van der Waals surface area contributed by atoms with Crippen molar-refractivity contribution in [3.05, 3.63) is 35.9 Å². The van der Waals surface area contributed by atoms with E-state index in [4.69, 9.17) is 17.2 Å². The van der Waals surface area contributed by atoms with Crippen LogP contribution in [-0.4, -0.2) is 160 Å². The number of carbonyl (C=O) groups excluding carboxylic acids is 9. The zero-order valence-corrected chi connectivity index (χ0v) is 38.5. The van der Waals surface area contributed by atoms with Crippen LogP contribution in [0.2, 0.25) is 0 Å². The summed E-state index contributed by atoms with van der Waals surface area (Å²) in [5.74, 6) is -12.9. The Hall–Kier alpha value is -7.22. The molecule has 7 atom stereocenters. The number of nitrogens with two attached hydrogens (primary N) is 3. The van der Waals surface area contributed by atoms with Crippen molar-refractivity contribution in [3.8, 4) is 0 Å². The molecule has 1 saturated heterocycles. The minimum absolute atomic E-state index is 0.0618. The van der Waals surface area contributed by atoms with Gasteiger partial charge in [0.15, 0.2) is 0 Å². The molecule has 16 N–H and O–H groups in total. The first-order valence-electron chi connectivity index (χ1n) is 22.3. The summed E-state index contributed by atoms with van der Waals surface area (Å²) in [6.45, 7) is 2.05. The van der Waals surface area contributed by atoms with E-state index in [2.05, 4.69) is 37.2 Å². The van der Waals surface area contributed by atoms with Gasteiger partial charge in [0.1, 0.15) is 36.3 Å². The lowest BCUT2D eigenvalue weighted by atomic mass is 10.0. The third-order valence-electron chi connectivity index (χ3n) is 10.8. The van der Waals surface area contributed by atoms with Gasteiger partial charge in [-0.2, -0.15) is 0 Å². The lowest BCUT2D eigenvalue weighted by Crippen LogP contribution is -2.59.